The second kappa shape index (κ2) is 9.79. The third kappa shape index (κ3) is 5.28. The van der Waals surface area contributed by atoms with Gasteiger partial charge >= 0.3 is 0 Å². The van der Waals surface area contributed by atoms with Gasteiger partial charge in [0, 0.05) is 45.2 Å². The SMILES string of the molecule is COc1cccc(CN2CCCC(Cc3cc(-c4ccc(C)cc4)no3)(C(=O)N(C)C)C2)c1. The van der Waals surface area contributed by atoms with Gasteiger partial charge in [-0.1, -0.05) is 47.1 Å². The first kappa shape index (κ1) is 23.1. The number of carbonyl (C=O) groups is 1. The van der Waals surface area contributed by atoms with Crippen molar-refractivity contribution < 1.29 is 14.1 Å². The molecule has 2 aromatic carbocycles. The zero-order chi connectivity index (χ0) is 23.4. The van der Waals surface area contributed by atoms with Gasteiger partial charge in [-0.05, 0) is 44.0 Å². The molecule has 0 bridgehead atoms. The Morgan fingerprint density at radius 3 is 2.70 bits per heavy atom. The standard InChI is InChI=1S/C27H33N3O3/c1-20-9-11-22(12-10-20)25-16-24(33-28-25)17-27(26(31)29(2)3)13-6-14-30(19-27)18-21-7-5-8-23(15-21)32-4/h5,7-12,15-16H,6,13-14,17-19H2,1-4H3. The van der Waals surface area contributed by atoms with E-state index < -0.39 is 5.41 Å². The number of ether oxygens (including phenoxy) is 1. The molecule has 0 spiro atoms. The van der Waals surface area contributed by atoms with Crippen molar-refractivity contribution in [2.45, 2.75) is 32.7 Å². The van der Waals surface area contributed by atoms with Gasteiger partial charge in [0.15, 0.2) is 0 Å². The molecule has 6 nitrogen and oxygen atoms in total. The van der Waals surface area contributed by atoms with E-state index >= 15 is 0 Å². The summed E-state index contributed by atoms with van der Waals surface area (Å²) in [4.78, 5) is 17.5. The molecule has 0 saturated carbocycles. The van der Waals surface area contributed by atoms with E-state index in [1.807, 2.05) is 44.4 Å². The molecule has 1 unspecified atom stereocenters. The lowest BCUT2D eigenvalue weighted by Gasteiger charge is -2.42. The van der Waals surface area contributed by atoms with Crippen LogP contribution in [0.3, 0.4) is 0 Å². The fourth-order valence-corrected chi connectivity index (χ4v) is 4.85. The van der Waals surface area contributed by atoms with Crippen LogP contribution in [-0.2, 0) is 17.8 Å². The molecule has 174 valence electrons. The maximum atomic E-state index is 13.5. The first-order chi connectivity index (χ1) is 15.9. The van der Waals surface area contributed by atoms with E-state index in [2.05, 4.69) is 41.2 Å². The number of amides is 1. The van der Waals surface area contributed by atoms with Crippen molar-refractivity contribution >= 4 is 5.91 Å². The van der Waals surface area contributed by atoms with Gasteiger partial charge in [0.25, 0.3) is 0 Å². The van der Waals surface area contributed by atoms with Crippen LogP contribution >= 0.6 is 0 Å². The van der Waals surface area contributed by atoms with Crippen LogP contribution in [0.15, 0.2) is 59.1 Å². The van der Waals surface area contributed by atoms with Crippen molar-refractivity contribution in [3.05, 3.63) is 71.5 Å². The highest BCUT2D eigenvalue weighted by Crippen LogP contribution is 2.37. The number of piperidine rings is 1. The molecule has 2 heterocycles. The predicted octanol–water partition coefficient (Wildman–Crippen LogP) is 4.57. The van der Waals surface area contributed by atoms with E-state index in [1.165, 1.54) is 11.1 Å². The minimum Gasteiger partial charge on any atom is -0.497 e. The van der Waals surface area contributed by atoms with Crippen molar-refractivity contribution in [2.24, 2.45) is 5.41 Å². The van der Waals surface area contributed by atoms with Gasteiger partial charge in [0.2, 0.25) is 5.91 Å². The van der Waals surface area contributed by atoms with Gasteiger partial charge < -0.3 is 14.2 Å². The number of nitrogens with zero attached hydrogens (tertiary/aromatic N) is 3. The van der Waals surface area contributed by atoms with Gasteiger partial charge in [-0.2, -0.15) is 0 Å². The van der Waals surface area contributed by atoms with Crippen molar-refractivity contribution in [1.82, 2.24) is 15.0 Å². The Hall–Kier alpha value is -3.12. The molecular formula is C27H33N3O3. The summed E-state index contributed by atoms with van der Waals surface area (Å²) in [5, 5.41) is 4.30. The fraction of sp³-hybridized carbons (Fsp3) is 0.407. The second-order valence-electron chi connectivity index (χ2n) is 9.37. The Balaban J connectivity index is 1.56. The molecule has 1 saturated heterocycles. The van der Waals surface area contributed by atoms with Crippen LogP contribution in [0, 0.1) is 12.3 Å². The van der Waals surface area contributed by atoms with Crippen LogP contribution in [0.25, 0.3) is 11.3 Å². The van der Waals surface area contributed by atoms with E-state index in [0.717, 1.165) is 48.7 Å². The lowest BCUT2D eigenvalue weighted by molar-refractivity contribution is -0.143. The molecule has 33 heavy (non-hydrogen) atoms. The molecule has 4 rings (SSSR count). The Morgan fingerprint density at radius 1 is 1.18 bits per heavy atom. The molecule has 0 aliphatic carbocycles. The fourth-order valence-electron chi connectivity index (χ4n) is 4.85. The van der Waals surface area contributed by atoms with Crippen LogP contribution in [0.5, 0.6) is 5.75 Å². The maximum Gasteiger partial charge on any atom is 0.230 e. The Bertz CT molecular complexity index is 1090. The van der Waals surface area contributed by atoms with Gasteiger partial charge in [-0.25, -0.2) is 0 Å². The van der Waals surface area contributed by atoms with E-state index in [4.69, 9.17) is 9.26 Å². The third-order valence-electron chi connectivity index (χ3n) is 6.48. The second-order valence-corrected chi connectivity index (χ2v) is 9.37. The van der Waals surface area contributed by atoms with Crippen molar-refractivity contribution in [3.63, 3.8) is 0 Å². The topological polar surface area (TPSA) is 58.8 Å². The molecular weight excluding hydrogens is 414 g/mol. The van der Waals surface area contributed by atoms with Crippen molar-refractivity contribution in [2.75, 3.05) is 34.3 Å². The minimum absolute atomic E-state index is 0.145. The van der Waals surface area contributed by atoms with E-state index in [9.17, 15) is 4.79 Å². The number of methoxy groups -OCH3 is 1. The smallest absolute Gasteiger partial charge is 0.230 e. The maximum absolute atomic E-state index is 13.5. The molecule has 1 atom stereocenters. The Kier molecular flexibility index (Phi) is 6.84. The summed E-state index contributed by atoms with van der Waals surface area (Å²) >= 11 is 0. The number of aromatic nitrogens is 1. The molecule has 1 aromatic heterocycles. The highest BCUT2D eigenvalue weighted by atomic mass is 16.5. The van der Waals surface area contributed by atoms with Gasteiger partial charge in [0.05, 0.1) is 12.5 Å². The quantitative estimate of drug-likeness (QED) is 0.531. The first-order valence-corrected chi connectivity index (χ1v) is 11.5. The third-order valence-corrected chi connectivity index (χ3v) is 6.48. The molecule has 6 heteroatoms. The van der Waals surface area contributed by atoms with Crippen LogP contribution in [0.1, 0.15) is 29.7 Å². The summed E-state index contributed by atoms with van der Waals surface area (Å²) in [5.74, 6) is 1.75. The Morgan fingerprint density at radius 2 is 1.97 bits per heavy atom. The molecule has 0 radical (unpaired) electrons. The first-order valence-electron chi connectivity index (χ1n) is 11.5. The summed E-state index contributed by atoms with van der Waals surface area (Å²) in [7, 11) is 5.36. The summed E-state index contributed by atoms with van der Waals surface area (Å²) in [6.45, 7) is 4.49. The molecule has 1 aliphatic rings. The Labute approximate surface area is 196 Å². The molecule has 3 aromatic rings. The highest BCUT2D eigenvalue weighted by molar-refractivity contribution is 5.83. The largest absolute Gasteiger partial charge is 0.497 e. The van der Waals surface area contributed by atoms with E-state index in [0.29, 0.717) is 13.0 Å². The number of rotatable bonds is 7. The number of hydrogen-bond donors (Lipinski definition) is 0. The van der Waals surface area contributed by atoms with Gasteiger partial charge in [0.1, 0.15) is 17.2 Å². The molecule has 1 aliphatic heterocycles. The normalized spacial score (nSPS) is 18.8. The van der Waals surface area contributed by atoms with Gasteiger partial charge in [-0.3, -0.25) is 9.69 Å². The number of benzene rings is 2. The van der Waals surface area contributed by atoms with Crippen molar-refractivity contribution in [3.8, 4) is 17.0 Å². The average Bonchev–Trinajstić information content (AvgIpc) is 3.27. The summed E-state index contributed by atoms with van der Waals surface area (Å²) in [6, 6.07) is 18.4. The summed E-state index contributed by atoms with van der Waals surface area (Å²) in [6.07, 6.45) is 2.33. The zero-order valence-corrected chi connectivity index (χ0v) is 20.0. The van der Waals surface area contributed by atoms with Crippen LogP contribution in [0.4, 0.5) is 0 Å². The van der Waals surface area contributed by atoms with E-state index in [1.54, 1.807) is 12.0 Å². The van der Waals surface area contributed by atoms with Crippen LogP contribution < -0.4 is 4.74 Å². The summed E-state index contributed by atoms with van der Waals surface area (Å²) in [5.41, 5.74) is 3.68. The summed E-state index contributed by atoms with van der Waals surface area (Å²) < 4.78 is 11.1. The van der Waals surface area contributed by atoms with Crippen LogP contribution in [-0.4, -0.2) is 55.2 Å². The average molecular weight is 448 g/mol. The number of aryl methyl sites for hydroxylation is 1. The zero-order valence-electron chi connectivity index (χ0n) is 20.0. The van der Waals surface area contributed by atoms with Crippen molar-refractivity contribution in [1.29, 1.82) is 0 Å². The van der Waals surface area contributed by atoms with Gasteiger partial charge in [-0.15, -0.1) is 0 Å². The molecule has 1 amide bonds. The predicted molar refractivity (Wildman–Crippen MR) is 129 cm³/mol. The molecule has 1 fully saturated rings. The minimum atomic E-state index is -0.537. The number of carbonyl (C=O) groups excluding carboxylic acids is 1. The lowest BCUT2D eigenvalue weighted by Crippen LogP contribution is -2.52. The number of likely N-dealkylation sites (tertiary alicyclic amines) is 1. The van der Waals surface area contributed by atoms with Crippen LogP contribution in [0.2, 0.25) is 0 Å². The monoisotopic (exact) mass is 447 g/mol. The number of hydrogen-bond acceptors (Lipinski definition) is 5. The molecule has 0 N–H and O–H groups in total. The van der Waals surface area contributed by atoms with E-state index in [-0.39, 0.29) is 5.91 Å². The lowest BCUT2D eigenvalue weighted by atomic mass is 9.75. The highest BCUT2D eigenvalue weighted by Gasteiger charge is 2.44.